The number of aromatic hydroxyl groups is 1. The summed E-state index contributed by atoms with van der Waals surface area (Å²) in [6.45, 7) is 1.46. The first-order chi connectivity index (χ1) is 10.1. The summed E-state index contributed by atoms with van der Waals surface area (Å²) >= 11 is 3.36. The van der Waals surface area contributed by atoms with Gasteiger partial charge in [0.25, 0.3) is 0 Å². The van der Waals surface area contributed by atoms with Gasteiger partial charge < -0.3 is 10.2 Å². The average molecular weight is 348 g/mol. The highest BCUT2D eigenvalue weighted by Crippen LogP contribution is 2.21. The van der Waals surface area contributed by atoms with Gasteiger partial charge in [0.2, 0.25) is 0 Å². The van der Waals surface area contributed by atoms with E-state index in [4.69, 9.17) is 0 Å². The zero-order chi connectivity index (χ0) is 15.2. The SMILES string of the molecule is Cc1ncc(CO)c(C=NN=Cc2ccc(Br)cc2)c1O. The highest BCUT2D eigenvalue weighted by Gasteiger charge is 2.08. The quantitative estimate of drug-likeness (QED) is 0.659. The van der Waals surface area contributed by atoms with E-state index < -0.39 is 0 Å². The van der Waals surface area contributed by atoms with Crippen LogP contribution in [-0.2, 0) is 6.61 Å². The number of aryl methyl sites for hydroxylation is 1. The number of benzene rings is 1. The lowest BCUT2D eigenvalue weighted by molar-refractivity contribution is 0.280. The van der Waals surface area contributed by atoms with Crippen molar-refractivity contribution in [2.75, 3.05) is 0 Å². The molecule has 2 aromatic rings. The summed E-state index contributed by atoms with van der Waals surface area (Å²) < 4.78 is 0.993. The summed E-state index contributed by atoms with van der Waals surface area (Å²) in [6.07, 6.45) is 4.52. The second-order valence-electron chi connectivity index (χ2n) is 4.33. The van der Waals surface area contributed by atoms with Crippen LogP contribution in [0.4, 0.5) is 0 Å². The van der Waals surface area contributed by atoms with Gasteiger partial charge >= 0.3 is 0 Å². The number of pyridine rings is 1. The Bertz CT molecular complexity index is 682. The summed E-state index contributed by atoms with van der Waals surface area (Å²) in [7, 11) is 0. The highest BCUT2D eigenvalue weighted by atomic mass is 79.9. The van der Waals surface area contributed by atoms with Gasteiger partial charge in [0, 0.05) is 21.8 Å². The average Bonchev–Trinajstić information content (AvgIpc) is 2.49. The fourth-order valence-corrected chi connectivity index (χ4v) is 1.93. The molecule has 0 saturated heterocycles. The maximum Gasteiger partial charge on any atom is 0.145 e. The lowest BCUT2D eigenvalue weighted by Crippen LogP contribution is -1.97. The van der Waals surface area contributed by atoms with Crippen molar-refractivity contribution in [1.29, 1.82) is 0 Å². The van der Waals surface area contributed by atoms with Crippen LogP contribution in [-0.4, -0.2) is 27.6 Å². The predicted molar refractivity (Wildman–Crippen MR) is 85.9 cm³/mol. The third-order valence-corrected chi connectivity index (χ3v) is 3.39. The van der Waals surface area contributed by atoms with Gasteiger partial charge in [-0.3, -0.25) is 4.98 Å². The lowest BCUT2D eigenvalue weighted by Gasteiger charge is -2.06. The molecule has 0 fully saturated rings. The van der Waals surface area contributed by atoms with E-state index in [0.717, 1.165) is 10.0 Å². The van der Waals surface area contributed by atoms with Crippen molar-refractivity contribution >= 4 is 28.4 Å². The number of hydrogen-bond acceptors (Lipinski definition) is 5. The molecule has 1 aromatic carbocycles. The van der Waals surface area contributed by atoms with Crippen LogP contribution in [0.2, 0.25) is 0 Å². The van der Waals surface area contributed by atoms with Crippen molar-refractivity contribution in [1.82, 2.24) is 4.98 Å². The fourth-order valence-electron chi connectivity index (χ4n) is 1.66. The van der Waals surface area contributed by atoms with E-state index in [1.165, 1.54) is 12.4 Å². The summed E-state index contributed by atoms with van der Waals surface area (Å²) in [5.74, 6) is 0.00383. The van der Waals surface area contributed by atoms with E-state index in [9.17, 15) is 10.2 Å². The summed E-state index contributed by atoms with van der Waals surface area (Å²) in [6, 6.07) is 7.62. The van der Waals surface area contributed by atoms with Gasteiger partial charge in [0.05, 0.1) is 24.7 Å². The predicted octanol–water partition coefficient (Wildman–Crippen LogP) is 2.80. The molecule has 0 aliphatic rings. The molecule has 5 nitrogen and oxygen atoms in total. The Balaban J connectivity index is 2.18. The molecule has 0 amide bonds. The van der Waals surface area contributed by atoms with Crippen LogP contribution in [0.3, 0.4) is 0 Å². The molecule has 0 aliphatic heterocycles. The van der Waals surface area contributed by atoms with Crippen LogP contribution in [0.1, 0.15) is 22.4 Å². The van der Waals surface area contributed by atoms with E-state index in [0.29, 0.717) is 16.8 Å². The van der Waals surface area contributed by atoms with Gasteiger partial charge in [-0.15, -0.1) is 0 Å². The molecular formula is C15H14BrN3O2. The Morgan fingerprint density at radius 3 is 2.52 bits per heavy atom. The molecular weight excluding hydrogens is 334 g/mol. The second kappa shape index (κ2) is 7.10. The van der Waals surface area contributed by atoms with Gasteiger partial charge in [-0.05, 0) is 24.6 Å². The minimum atomic E-state index is -0.224. The maximum absolute atomic E-state index is 9.93. The molecule has 21 heavy (non-hydrogen) atoms. The van der Waals surface area contributed by atoms with E-state index in [-0.39, 0.29) is 12.4 Å². The van der Waals surface area contributed by atoms with Gasteiger partial charge in [0.1, 0.15) is 5.75 Å². The van der Waals surface area contributed by atoms with Crippen LogP contribution >= 0.6 is 15.9 Å². The molecule has 1 heterocycles. The van der Waals surface area contributed by atoms with Gasteiger partial charge in [-0.1, -0.05) is 28.1 Å². The standard InChI is InChI=1S/C15H14BrN3O2/c1-10-15(21)14(12(9-20)7-17-10)8-19-18-6-11-2-4-13(16)5-3-11/h2-8,20-21H,9H2,1H3. The van der Waals surface area contributed by atoms with Crippen molar-refractivity contribution in [3.63, 3.8) is 0 Å². The largest absolute Gasteiger partial charge is 0.505 e. The van der Waals surface area contributed by atoms with E-state index in [1.807, 2.05) is 24.3 Å². The summed E-state index contributed by atoms with van der Waals surface area (Å²) in [5.41, 5.74) is 2.32. The summed E-state index contributed by atoms with van der Waals surface area (Å²) in [5, 5.41) is 27.0. The monoisotopic (exact) mass is 347 g/mol. The summed E-state index contributed by atoms with van der Waals surface area (Å²) in [4.78, 5) is 3.98. The zero-order valence-corrected chi connectivity index (χ0v) is 12.9. The first kappa shape index (κ1) is 15.3. The first-order valence-electron chi connectivity index (χ1n) is 6.22. The molecule has 0 radical (unpaired) electrons. The van der Waals surface area contributed by atoms with Crippen LogP contribution < -0.4 is 0 Å². The topological polar surface area (TPSA) is 78.1 Å². The third-order valence-electron chi connectivity index (χ3n) is 2.86. The molecule has 0 atom stereocenters. The molecule has 0 saturated carbocycles. The van der Waals surface area contributed by atoms with Crippen molar-refractivity contribution in [3.05, 3.63) is 57.3 Å². The highest BCUT2D eigenvalue weighted by molar-refractivity contribution is 9.10. The first-order valence-corrected chi connectivity index (χ1v) is 7.01. The number of hydrogen-bond donors (Lipinski definition) is 2. The van der Waals surface area contributed by atoms with Crippen LogP contribution in [0.15, 0.2) is 45.1 Å². The maximum atomic E-state index is 9.93. The van der Waals surface area contributed by atoms with E-state index in [1.54, 1.807) is 13.1 Å². The lowest BCUT2D eigenvalue weighted by atomic mass is 10.1. The Morgan fingerprint density at radius 1 is 1.19 bits per heavy atom. The van der Waals surface area contributed by atoms with Crippen LogP contribution in [0.25, 0.3) is 0 Å². The number of aliphatic hydroxyl groups excluding tert-OH is 1. The Kier molecular flexibility index (Phi) is 5.19. The molecule has 1 aromatic heterocycles. The van der Waals surface area contributed by atoms with E-state index >= 15 is 0 Å². The number of halogens is 1. The van der Waals surface area contributed by atoms with Crippen molar-refractivity contribution < 1.29 is 10.2 Å². The molecule has 108 valence electrons. The smallest absolute Gasteiger partial charge is 0.145 e. The zero-order valence-electron chi connectivity index (χ0n) is 11.4. The van der Waals surface area contributed by atoms with Crippen molar-refractivity contribution in [2.24, 2.45) is 10.2 Å². The molecule has 2 rings (SSSR count). The van der Waals surface area contributed by atoms with Crippen LogP contribution in [0, 0.1) is 6.92 Å². The fraction of sp³-hybridized carbons (Fsp3) is 0.133. The van der Waals surface area contributed by atoms with Crippen molar-refractivity contribution in [3.8, 4) is 5.75 Å². The van der Waals surface area contributed by atoms with Crippen molar-refractivity contribution in [2.45, 2.75) is 13.5 Å². The molecule has 0 spiro atoms. The minimum absolute atomic E-state index is 0.00383. The minimum Gasteiger partial charge on any atom is -0.505 e. The number of nitrogens with zero attached hydrogens (tertiary/aromatic N) is 3. The van der Waals surface area contributed by atoms with Gasteiger partial charge in [0.15, 0.2) is 0 Å². The number of rotatable bonds is 4. The number of aromatic nitrogens is 1. The second-order valence-corrected chi connectivity index (χ2v) is 5.25. The normalized spacial score (nSPS) is 11.6. The third kappa shape index (κ3) is 3.96. The molecule has 0 aliphatic carbocycles. The number of aliphatic hydroxyl groups is 1. The molecule has 0 unspecified atom stereocenters. The Labute approximate surface area is 130 Å². The molecule has 6 heteroatoms. The Hall–Kier alpha value is -2.05. The molecule has 0 bridgehead atoms. The van der Waals surface area contributed by atoms with Gasteiger partial charge in [-0.25, -0.2) is 0 Å². The van der Waals surface area contributed by atoms with Crippen LogP contribution in [0.5, 0.6) is 5.75 Å². The Morgan fingerprint density at radius 2 is 1.86 bits per heavy atom. The van der Waals surface area contributed by atoms with Gasteiger partial charge in [-0.2, -0.15) is 10.2 Å². The molecule has 2 N–H and O–H groups in total. The van der Waals surface area contributed by atoms with E-state index in [2.05, 4.69) is 31.1 Å².